The first-order chi connectivity index (χ1) is 7.74. The van der Waals surface area contributed by atoms with Crippen LogP contribution in [0.3, 0.4) is 0 Å². The van der Waals surface area contributed by atoms with Gasteiger partial charge in [0, 0.05) is 12.1 Å². The lowest BCUT2D eigenvalue weighted by Crippen LogP contribution is -2.49. The first-order valence-electron chi connectivity index (χ1n) is 7.15. The number of hydrogen-bond donors (Lipinski definition) is 1. The molecule has 1 saturated heterocycles. The third kappa shape index (κ3) is 2.78. The highest BCUT2D eigenvalue weighted by atomic mass is 16.5. The van der Waals surface area contributed by atoms with Crippen molar-refractivity contribution >= 4 is 0 Å². The standard InChI is InChI=1S/C14H27NO/c1-2-12-6-3-4-9-14(12,15)10-8-13-7-5-11-16-13/h12-13H,2-11,15H2,1H3. The number of rotatable bonds is 4. The minimum atomic E-state index is 0.124. The van der Waals surface area contributed by atoms with Gasteiger partial charge in [0.15, 0.2) is 0 Å². The fourth-order valence-corrected chi connectivity index (χ4v) is 3.58. The quantitative estimate of drug-likeness (QED) is 0.797. The van der Waals surface area contributed by atoms with Crippen molar-refractivity contribution in [3.63, 3.8) is 0 Å². The van der Waals surface area contributed by atoms with Gasteiger partial charge in [0.05, 0.1) is 6.10 Å². The topological polar surface area (TPSA) is 35.2 Å². The first kappa shape index (κ1) is 12.4. The van der Waals surface area contributed by atoms with Crippen LogP contribution in [0.25, 0.3) is 0 Å². The predicted octanol–water partition coefficient (Wildman–Crippen LogP) is 3.24. The lowest BCUT2D eigenvalue weighted by Gasteiger charge is -2.41. The van der Waals surface area contributed by atoms with E-state index in [0.29, 0.717) is 6.10 Å². The maximum Gasteiger partial charge on any atom is 0.0576 e. The van der Waals surface area contributed by atoms with Crippen molar-refractivity contribution in [3.8, 4) is 0 Å². The largest absolute Gasteiger partial charge is 0.378 e. The summed E-state index contributed by atoms with van der Waals surface area (Å²) < 4.78 is 5.70. The van der Waals surface area contributed by atoms with Gasteiger partial charge in [0.25, 0.3) is 0 Å². The summed E-state index contributed by atoms with van der Waals surface area (Å²) in [6.45, 7) is 3.27. The zero-order chi connectivity index (χ0) is 11.4. The van der Waals surface area contributed by atoms with Gasteiger partial charge < -0.3 is 10.5 Å². The Bertz CT molecular complexity index is 213. The number of hydrogen-bond acceptors (Lipinski definition) is 2. The molecule has 2 fully saturated rings. The lowest BCUT2D eigenvalue weighted by atomic mass is 9.69. The molecule has 0 amide bonds. The Hall–Kier alpha value is -0.0800. The molecule has 0 bridgehead atoms. The fraction of sp³-hybridized carbons (Fsp3) is 1.00. The molecule has 1 aliphatic heterocycles. The molecule has 1 heterocycles. The molecule has 3 atom stereocenters. The molecule has 2 aliphatic rings. The molecule has 2 N–H and O–H groups in total. The summed E-state index contributed by atoms with van der Waals surface area (Å²) in [5, 5.41) is 0. The van der Waals surface area contributed by atoms with Crippen LogP contribution in [-0.4, -0.2) is 18.2 Å². The van der Waals surface area contributed by atoms with Crippen LogP contribution in [0.1, 0.15) is 64.7 Å². The summed E-state index contributed by atoms with van der Waals surface area (Å²) >= 11 is 0. The van der Waals surface area contributed by atoms with Crippen molar-refractivity contribution < 1.29 is 4.74 Å². The summed E-state index contributed by atoms with van der Waals surface area (Å²) in [5.74, 6) is 0.752. The van der Waals surface area contributed by atoms with E-state index in [4.69, 9.17) is 10.5 Å². The van der Waals surface area contributed by atoms with Crippen LogP contribution in [0.2, 0.25) is 0 Å². The zero-order valence-corrected chi connectivity index (χ0v) is 10.7. The highest BCUT2D eigenvalue weighted by Crippen LogP contribution is 2.38. The summed E-state index contributed by atoms with van der Waals surface area (Å²) in [5.41, 5.74) is 6.76. The Morgan fingerprint density at radius 3 is 2.81 bits per heavy atom. The Balaban J connectivity index is 1.84. The molecule has 0 aromatic carbocycles. The van der Waals surface area contributed by atoms with Crippen molar-refractivity contribution in [2.75, 3.05) is 6.61 Å². The molecule has 0 aromatic heterocycles. The van der Waals surface area contributed by atoms with Crippen LogP contribution in [0.5, 0.6) is 0 Å². The lowest BCUT2D eigenvalue weighted by molar-refractivity contribution is 0.0818. The normalized spacial score (nSPS) is 40.1. The van der Waals surface area contributed by atoms with Crippen LogP contribution >= 0.6 is 0 Å². The Morgan fingerprint density at radius 2 is 2.12 bits per heavy atom. The monoisotopic (exact) mass is 225 g/mol. The van der Waals surface area contributed by atoms with E-state index in [1.54, 1.807) is 0 Å². The maximum atomic E-state index is 6.64. The third-order valence-electron chi connectivity index (χ3n) is 4.71. The Labute approximate surface area is 99.9 Å². The van der Waals surface area contributed by atoms with Gasteiger partial charge in [-0.1, -0.05) is 26.2 Å². The smallest absolute Gasteiger partial charge is 0.0576 e. The van der Waals surface area contributed by atoms with Crippen molar-refractivity contribution in [1.82, 2.24) is 0 Å². The van der Waals surface area contributed by atoms with E-state index in [0.717, 1.165) is 12.5 Å². The summed E-state index contributed by atoms with van der Waals surface area (Å²) in [6, 6.07) is 0. The minimum absolute atomic E-state index is 0.124. The Kier molecular flexibility index (Phi) is 4.26. The molecule has 0 spiro atoms. The molecule has 0 aromatic rings. The van der Waals surface area contributed by atoms with E-state index in [1.807, 2.05) is 0 Å². The van der Waals surface area contributed by atoms with Crippen molar-refractivity contribution in [1.29, 1.82) is 0 Å². The molecular weight excluding hydrogens is 198 g/mol. The van der Waals surface area contributed by atoms with Crippen molar-refractivity contribution in [2.24, 2.45) is 11.7 Å². The van der Waals surface area contributed by atoms with E-state index < -0.39 is 0 Å². The maximum absolute atomic E-state index is 6.64. The molecule has 2 rings (SSSR count). The molecule has 3 unspecified atom stereocenters. The van der Waals surface area contributed by atoms with Gasteiger partial charge in [0.2, 0.25) is 0 Å². The van der Waals surface area contributed by atoms with Gasteiger partial charge in [0.1, 0.15) is 0 Å². The van der Waals surface area contributed by atoms with E-state index in [9.17, 15) is 0 Å². The van der Waals surface area contributed by atoms with E-state index in [-0.39, 0.29) is 5.54 Å². The zero-order valence-electron chi connectivity index (χ0n) is 10.7. The summed E-state index contributed by atoms with van der Waals surface area (Å²) in [4.78, 5) is 0. The van der Waals surface area contributed by atoms with E-state index in [2.05, 4.69) is 6.92 Å². The molecule has 2 heteroatoms. The van der Waals surface area contributed by atoms with Gasteiger partial charge in [-0.25, -0.2) is 0 Å². The minimum Gasteiger partial charge on any atom is -0.378 e. The van der Waals surface area contributed by atoms with E-state index >= 15 is 0 Å². The van der Waals surface area contributed by atoms with Gasteiger partial charge >= 0.3 is 0 Å². The van der Waals surface area contributed by atoms with Crippen LogP contribution in [0.4, 0.5) is 0 Å². The van der Waals surface area contributed by atoms with Gasteiger partial charge in [-0.2, -0.15) is 0 Å². The second-order valence-corrected chi connectivity index (χ2v) is 5.76. The fourth-order valence-electron chi connectivity index (χ4n) is 3.58. The highest BCUT2D eigenvalue weighted by molar-refractivity contribution is 4.94. The van der Waals surface area contributed by atoms with Crippen molar-refractivity contribution in [3.05, 3.63) is 0 Å². The van der Waals surface area contributed by atoms with Crippen LogP contribution in [-0.2, 0) is 4.74 Å². The average molecular weight is 225 g/mol. The third-order valence-corrected chi connectivity index (χ3v) is 4.71. The summed E-state index contributed by atoms with van der Waals surface area (Å²) in [6.07, 6.45) is 11.9. The van der Waals surface area contributed by atoms with Gasteiger partial charge in [-0.15, -0.1) is 0 Å². The van der Waals surface area contributed by atoms with Crippen LogP contribution in [0, 0.1) is 5.92 Å². The second kappa shape index (κ2) is 5.50. The molecule has 16 heavy (non-hydrogen) atoms. The van der Waals surface area contributed by atoms with E-state index in [1.165, 1.54) is 57.8 Å². The van der Waals surface area contributed by atoms with Gasteiger partial charge in [-0.3, -0.25) is 0 Å². The molecule has 0 radical (unpaired) electrons. The second-order valence-electron chi connectivity index (χ2n) is 5.76. The molecule has 94 valence electrons. The Morgan fingerprint density at radius 1 is 1.25 bits per heavy atom. The molecule has 1 saturated carbocycles. The van der Waals surface area contributed by atoms with Gasteiger partial charge in [-0.05, 0) is 44.4 Å². The number of ether oxygens (including phenoxy) is 1. The average Bonchev–Trinajstić information content (AvgIpc) is 2.80. The number of nitrogens with two attached hydrogens (primary N) is 1. The van der Waals surface area contributed by atoms with Crippen LogP contribution < -0.4 is 5.73 Å². The highest BCUT2D eigenvalue weighted by Gasteiger charge is 2.36. The first-order valence-corrected chi connectivity index (χ1v) is 7.15. The molecule has 2 nitrogen and oxygen atoms in total. The predicted molar refractivity (Wildman–Crippen MR) is 67.4 cm³/mol. The molecular formula is C14H27NO. The molecule has 1 aliphatic carbocycles. The van der Waals surface area contributed by atoms with Crippen LogP contribution in [0.15, 0.2) is 0 Å². The SMILES string of the molecule is CCC1CCCCC1(N)CCC1CCCO1. The van der Waals surface area contributed by atoms with Crippen molar-refractivity contribution in [2.45, 2.75) is 76.4 Å². The summed E-state index contributed by atoms with van der Waals surface area (Å²) in [7, 11) is 0.